The maximum absolute atomic E-state index is 12.6. The van der Waals surface area contributed by atoms with Crippen LogP contribution in [-0.2, 0) is 16.1 Å². The number of imidazole rings is 1. The van der Waals surface area contributed by atoms with E-state index < -0.39 is 11.8 Å². The Hall–Kier alpha value is -3.09. The minimum absolute atomic E-state index is 0.0236. The van der Waals surface area contributed by atoms with Gasteiger partial charge in [-0.1, -0.05) is 6.07 Å². The molecule has 1 unspecified atom stereocenters. The molecule has 25 heavy (non-hydrogen) atoms. The van der Waals surface area contributed by atoms with Crippen molar-refractivity contribution in [2.75, 3.05) is 11.9 Å². The van der Waals surface area contributed by atoms with Gasteiger partial charge >= 0.3 is 11.8 Å². The van der Waals surface area contributed by atoms with Crippen LogP contribution in [0.4, 0.5) is 5.69 Å². The normalized spacial score (nSPS) is 17.1. The van der Waals surface area contributed by atoms with Crippen LogP contribution in [0, 0.1) is 0 Å². The fraction of sp³-hybridized carbons (Fsp3) is 0.278. The summed E-state index contributed by atoms with van der Waals surface area (Å²) in [6, 6.07) is 7.47. The summed E-state index contributed by atoms with van der Waals surface area (Å²) < 4.78 is 1.94. The summed E-state index contributed by atoms with van der Waals surface area (Å²) in [6.45, 7) is 1.27. The Kier molecular flexibility index (Phi) is 3.97. The minimum Gasteiger partial charge on any atom is -0.361 e. The van der Waals surface area contributed by atoms with Gasteiger partial charge in [0.2, 0.25) is 0 Å². The second kappa shape index (κ2) is 6.43. The van der Waals surface area contributed by atoms with Crippen LogP contribution in [0.5, 0.6) is 0 Å². The van der Waals surface area contributed by atoms with Crippen LogP contribution in [-0.4, -0.2) is 43.8 Å². The summed E-state index contributed by atoms with van der Waals surface area (Å²) in [5.41, 5.74) is 1.56. The molecule has 4 rings (SSSR count). The molecule has 2 aromatic heterocycles. The number of carbonyl (C=O) groups excluding carboxylic acids is 2. The molecule has 1 saturated heterocycles. The van der Waals surface area contributed by atoms with Gasteiger partial charge in [-0.15, -0.1) is 0 Å². The number of benzene rings is 1. The molecular weight excluding hydrogens is 318 g/mol. The third-order valence-corrected chi connectivity index (χ3v) is 4.66. The van der Waals surface area contributed by atoms with Gasteiger partial charge < -0.3 is 19.8 Å². The summed E-state index contributed by atoms with van der Waals surface area (Å²) in [5.74, 6) is -1.07. The number of H-pyrrole nitrogens is 1. The zero-order valence-corrected chi connectivity index (χ0v) is 13.7. The number of fused-ring (bicyclic) bond motifs is 1. The molecule has 2 N–H and O–H groups in total. The van der Waals surface area contributed by atoms with E-state index in [1.165, 1.54) is 0 Å². The van der Waals surface area contributed by atoms with Crippen molar-refractivity contribution in [1.82, 2.24) is 19.4 Å². The summed E-state index contributed by atoms with van der Waals surface area (Å²) in [5, 5.41) is 3.65. The maximum atomic E-state index is 12.6. The van der Waals surface area contributed by atoms with Gasteiger partial charge in [0.25, 0.3) is 0 Å². The van der Waals surface area contributed by atoms with E-state index in [-0.39, 0.29) is 6.04 Å². The van der Waals surface area contributed by atoms with Crippen molar-refractivity contribution in [1.29, 1.82) is 0 Å². The van der Waals surface area contributed by atoms with Crippen molar-refractivity contribution >= 4 is 28.4 Å². The van der Waals surface area contributed by atoms with Crippen molar-refractivity contribution in [3.8, 4) is 0 Å². The number of aromatic nitrogens is 3. The number of nitrogens with zero attached hydrogens (tertiary/aromatic N) is 3. The molecule has 0 radical (unpaired) electrons. The van der Waals surface area contributed by atoms with Crippen LogP contribution in [0.3, 0.4) is 0 Å². The van der Waals surface area contributed by atoms with E-state index in [1.807, 2.05) is 35.2 Å². The lowest BCUT2D eigenvalue weighted by Gasteiger charge is -2.24. The zero-order chi connectivity index (χ0) is 17.2. The number of likely N-dealkylation sites (tertiary alicyclic amines) is 1. The first-order valence-corrected chi connectivity index (χ1v) is 8.36. The molecule has 128 valence electrons. The summed E-state index contributed by atoms with van der Waals surface area (Å²) in [7, 11) is 0. The van der Waals surface area contributed by atoms with E-state index in [0.29, 0.717) is 18.8 Å². The first kappa shape index (κ1) is 15.4. The Labute approximate surface area is 144 Å². The van der Waals surface area contributed by atoms with Crippen molar-refractivity contribution < 1.29 is 9.59 Å². The van der Waals surface area contributed by atoms with Gasteiger partial charge in [0.1, 0.15) is 0 Å². The molecule has 3 heterocycles. The number of carbonyl (C=O) groups is 2. The topological polar surface area (TPSA) is 83.0 Å². The lowest BCUT2D eigenvalue weighted by molar-refractivity contribution is -0.143. The van der Waals surface area contributed by atoms with E-state index in [9.17, 15) is 9.59 Å². The van der Waals surface area contributed by atoms with Gasteiger partial charge in [-0.05, 0) is 31.0 Å². The molecule has 1 aliphatic rings. The number of nitrogens with one attached hydrogen (secondary N) is 2. The smallest absolute Gasteiger partial charge is 0.313 e. The highest BCUT2D eigenvalue weighted by atomic mass is 16.2. The average Bonchev–Trinajstić information content (AvgIpc) is 3.36. The number of hydrogen-bond acceptors (Lipinski definition) is 3. The highest BCUT2D eigenvalue weighted by Gasteiger charge is 2.32. The van der Waals surface area contributed by atoms with Crippen LogP contribution in [0.25, 0.3) is 10.9 Å². The van der Waals surface area contributed by atoms with Gasteiger partial charge in [-0.2, -0.15) is 0 Å². The van der Waals surface area contributed by atoms with Crippen molar-refractivity contribution in [2.24, 2.45) is 0 Å². The zero-order valence-electron chi connectivity index (χ0n) is 13.7. The van der Waals surface area contributed by atoms with Gasteiger partial charge in [0.15, 0.2) is 0 Å². The molecule has 0 bridgehead atoms. The highest BCUT2D eigenvalue weighted by Crippen LogP contribution is 2.23. The average molecular weight is 337 g/mol. The Morgan fingerprint density at radius 1 is 1.32 bits per heavy atom. The van der Waals surface area contributed by atoms with Crippen molar-refractivity contribution in [2.45, 2.75) is 25.4 Å². The molecule has 7 nitrogen and oxygen atoms in total. The third kappa shape index (κ3) is 3.00. The van der Waals surface area contributed by atoms with E-state index >= 15 is 0 Å². The van der Waals surface area contributed by atoms with Crippen LogP contribution in [0.15, 0.2) is 49.2 Å². The molecular formula is C18H19N5O2. The molecule has 1 aromatic carbocycles. The molecule has 7 heteroatoms. The standard InChI is InChI=1S/C18H19N5O2/c24-17(21-16-5-1-4-15-14(16)6-7-20-15)18(25)23-9-2-3-13(23)11-22-10-8-19-12-22/h1,4-8,10,12-13,20H,2-3,9,11H2,(H,21,24). The van der Waals surface area contributed by atoms with Crippen LogP contribution >= 0.6 is 0 Å². The highest BCUT2D eigenvalue weighted by molar-refractivity contribution is 6.40. The van der Waals surface area contributed by atoms with Crippen molar-refractivity contribution in [3.05, 3.63) is 49.2 Å². The van der Waals surface area contributed by atoms with Gasteiger partial charge in [-0.3, -0.25) is 9.59 Å². The van der Waals surface area contributed by atoms with E-state index in [1.54, 1.807) is 23.5 Å². The fourth-order valence-electron chi connectivity index (χ4n) is 3.43. The van der Waals surface area contributed by atoms with E-state index in [4.69, 9.17) is 0 Å². The van der Waals surface area contributed by atoms with E-state index in [0.717, 1.165) is 23.7 Å². The minimum atomic E-state index is -0.591. The molecule has 1 aliphatic heterocycles. The predicted molar refractivity (Wildman–Crippen MR) is 93.9 cm³/mol. The number of aromatic amines is 1. The molecule has 2 amide bonds. The largest absolute Gasteiger partial charge is 0.361 e. The monoisotopic (exact) mass is 337 g/mol. The number of amides is 2. The number of rotatable bonds is 3. The second-order valence-corrected chi connectivity index (χ2v) is 6.25. The third-order valence-electron chi connectivity index (χ3n) is 4.66. The predicted octanol–water partition coefficient (Wildman–Crippen LogP) is 1.99. The fourth-order valence-corrected chi connectivity index (χ4v) is 3.43. The Bertz CT molecular complexity index is 899. The van der Waals surface area contributed by atoms with Crippen LogP contribution in [0.1, 0.15) is 12.8 Å². The van der Waals surface area contributed by atoms with Crippen LogP contribution < -0.4 is 5.32 Å². The molecule has 0 spiro atoms. The lowest BCUT2D eigenvalue weighted by atomic mass is 10.2. The molecule has 3 aromatic rings. The number of anilines is 1. The van der Waals surface area contributed by atoms with Gasteiger partial charge in [-0.25, -0.2) is 4.98 Å². The summed E-state index contributed by atoms with van der Waals surface area (Å²) >= 11 is 0. The van der Waals surface area contributed by atoms with E-state index in [2.05, 4.69) is 15.3 Å². The Morgan fingerprint density at radius 2 is 2.24 bits per heavy atom. The summed E-state index contributed by atoms with van der Waals surface area (Å²) in [4.78, 5) is 33.9. The Balaban J connectivity index is 1.48. The lowest BCUT2D eigenvalue weighted by Crippen LogP contribution is -2.44. The van der Waals surface area contributed by atoms with Gasteiger partial charge in [0, 0.05) is 42.6 Å². The Morgan fingerprint density at radius 3 is 3.08 bits per heavy atom. The quantitative estimate of drug-likeness (QED) is 0.717. The first-order chi connectivity index (χ1) is 12.2. The molecule has 0 saturated carbocycles. The van der Waals surface area contributed by atoms with Gasteiger partial charge in [0.05, 0.1) is 18.1 Å². The van der Waals surface area contributed by atoms with Crippen LogP contribution in [0.2, 0.25) is 0 Å². The number of hydrogen-bond donors (Lipinski definition) is 2. The molecule has 1 fully saturated rings. The maximum Gasteiger partial charge on any atom is 0.313 e. The molecule has 0 aliphatic carbocycles. The van der Waals surface area contributed by atoms with Crippen molar-refractivity contribution in [3.63, 3.8) is 0 Å². The second-order valence-electron chi connectivity index (χ2n) is 6.25. The summed E-state index contributed by atoms with van der Waals surface area (Å²) in [6.07, 6.45) is 8.92. The molecule has 1 atom stereocenters. The first-order valence-electron chi connectivity index (χ1n) is 8.36. The SMILES string of the molecule is O=C(Nc1cccc2[nH]ccc12)C(=O)N1CCCC1Cn1ccnc1.